The summed E-state index contributed by atoms with van der Waals surface area (Å²) in [6.45, 7) is 5.34. The molecular weight excluding hydrogens is 344 g/mol. The van der Waals surface area contributed by atoms with Crippen LogP contribution in [0.15, 0.2) is 24.3 Å². The van der Waals surface area contributed by atoms with Crippen LogP contribution in [0.1, 0.15) is 77.2 Å². The van der Waals surface area contributed by atoms with Gasteiger partial charge in [0.2, 0.25) is 0 Å². The second-order valence-electron chi connectivity index (χ2n) is 7.38. The molecule has 1 aromatic rings. The van der Waals surface area contributed by atoms with Crippen molar-refractivity contribution in [1.82, 2.24) is 0 Å². The zero-order valence-corrected chi connectivity index (χ0v) is 16.7. The third-order valence-electron chi connectivity index (χ3n) is 5.15. The third-order valence-corrected chi connectivity index (χ3v) is 5.15. The van der Waals surface area contributed by atoms with Gasteiger partial charge in [0, 0.05) is 0 Å². The van der Waals surface area contributed by atoms with Gasteiger partial charge in [-0.05, 0) is 56.2 Å². The van der Waals surface area contributed by atoms with Crippen LogP contribution in [0, 0.1) is 0 Å². The minimum atomic E-state index is -0.868. The Labute approximate surface area is 163 Å². The van der Waals surface area contributed by atoms with Crippen LogP contribution in [0.2, 0.25) is 0 Å². The first-order chi connectivity index (χ1) is 13.1. The van der Waals surface area contributed by atoms with Gasteiger partial charge >= 0.3 is 6.16 Å². The molecule has 152 valence electrons. The number of carbonyl (C=O) groups excluding carboxylic acids is 1. The molecule has 0 amide bonds. The molecule has 0 spiro atoms. The summed E-state index contributed by atoms with van der Waals surface area (Å²) in [5.41, 5.74) is 0.0274. The van der Waals surface area contributed by atoms with E-state index < -0.39 is 11.8 Å². The van der Waals surface area contributed by atoms with Gasteiger partial charge in [0.25, 0.3) is 0 Å². The number of hydrogen-bond donors (Lipinski definition) is 1. The maximum absolute atomic E-state index is 11.7. The molecule has 1 aromatic carbocycles. The molecule has 0 atom stereocenters. The third kappa shape index (κ3) is 7.06. The number of unbranched alkanes of at least 4 members (excludes halogenated alkanes) is 3. The van der Waals surface area contributed by atoms with Crippen LogP contribution in [0.25, 0.3) is 0 Å². The van der Waals surface area contributed by atoms with E-state index in [1.165, 1.54) is 12.8 Å². The van der Waals surface area contributed by atoms with Crippen LogP contribution in [0.5, 0.6) is 5.75 Å². The van der Waals surface area contributed by atoms with Crippen molar-refractivity contribution in [3.05, 3.63) is 29.8 Å². The number of aliphatic hydroxyl groups is 1. The van der Waals surface area contributed by atoms with Crippen molar-refractivity contribution in [3.8, 4) is 5.75 Å². The summed E-state index contributed by atoms with van der Waals surface area (Å²) in [6.07, 6.45) is 6.86. The van der Waals surface area contributed by atoms with Gasteiger partial charge in [0.05, 0.1) is 18.8 Å². The van der Waals surface area contributed by atoms with Crippen molar-refractivity contribution in [3.63, 3.8) is 0 Å². The number of hydrogen-bond acceptors (Lipinski definition) is 5. The molecule has 0 unspecified atom stereocenters. The van der Waals surface area contributed by atoms with E-state index in [4.69, 9.17) is 14.2 Å². The first kappa shape index (κ1) is 21.5. The molecule has 1 aliphatic rings. The summed E-state index contributed by atoms with van der Waals surface area (Å²) < 4.78 is 16.1. The Morgan fingerprint density at radius 2 is 1.70 bits per heavy atom. The lowest BCUT2D eigenvalue weighted by Gasteiger charge is -2.36. The van der Waals surface area contributed by atoms with E-state index in [2.05, 4.69) is 6.92 Å². The highest BCUT2D eigenvalue weighted by molar-refractivity contribution is 5.60. The van der Waals surface area contributed by atoms with Crippen molar-refractivity contribution in [2.75, 3.05) is 13.2 Å². The fourth-order valence-corrected chi connectivity index (χ4v) is 3.35. The number of benzene rings is 1. The fraction of sp³-hybridized carbons (Fsp3) is 0.682. The molecule has 0 aliphatic heterocycles. The summed E-state index contributed by atoms with van der Waals surface area (Å²) in [6, 6.07) is 7.73. The number of rotatable bonds is 10. The van der Waals surface area contributed by atoms with E-state index in [1.54, 1.807) is 0 Å². The maximum Gasteiger partial charge on any atom is 0.508 e. The van der Waals surface area contributed by atoms with Gasteiger partial charge in [-0.15, -0.1) is 0 Å². The Morgan fingerprint density at radius 1 is 1.04 bits per heavy atom. The normalized spacial score (nSPS) is 22.3. The predicted octanol–water partition coefficient (Wildman–Crippen LogP) is 5.34. The number of carbonyl (C=O) groups is 1. The summed E-state index contributed by atoms with van der Waals surface area (Å²) >= 11 is 0. The molecule has 1 saturated carbocycles. The molecule has 0 bridgehead atoms. The minimum Gasteiger partial charge on any atom is -0.494 e. The lowest BCUT2D eigenvalue weighted by Crippen LogP contribution is -2.35. The lowest BCUT2D eigenvalue weighted by molar-refractivity contribution is -0.0537. The number of ether oxygens (including phenoxy) is 3. The first-order valence-electron chi connectivity index (χ1n) is 10.4. The van der Waals surface area contributed by atoms with Crippen LogP contribution < -0.4 is 4.74 Å². The zero-order chi connectivity index (χ0) is 19.5. The van der Waals surface area contributed by atoms with Crippen LogP contribution in [0.3, 0.4) is 0 Å². The Morgan fingerprint density at radius 3 is 2.33 bits per heavy atom. The topological polar surface area (TPSA) is 65.0 Å². The average molecular weight is 379 g/mol. The Balaban J connectivity index is 1.78. The van der Waals surface area contributed by atoms with E-state index in [9.17, 15) is 9.90 Å². The Bertz CT molecular complexity index is 546. The summed E-state index contributed by atoms with van der Waals surface area (Å²) in [4.78, 5) is 11.7. The highest BCUT2D eigenvalue weighted by Crippen LogP contribution is 2.38. The quantitative estimate of drug-likeness (QED) is 0.440. The molecule has 27 heavy (non-hydrogen) atoms. The maximum atomic E-state index is 11.7. The molecule has 0 radical (unpaired) electrons. The van der Waals surface area contributed by atoms with Crippen molar-refractivity contribution < 1.29 is 24.1 Å². The van der Waals surface area contributed by atoms with Crippen LogP contribution >= 0.6 is 0 Å². The van der Waals surface area contributed by atoms with Gasteiger partial charge in [0.1, 0.15) is 11.9 Å². The van der Waals surface area contributed by atoms with Gasteiger partial charge in [0.15, 0.2) is 0 Å². The molecule has 1 N–H and O–H groups in total. The molecule has 0 aromatic heterocycles. The first-order valence-corrected chi connectivity index (χ1v) is 10.4. The SMILES string of the molecule is CCCCCOc1ccc(C2(O)CCC(OC(=O)OCCCC)CC2)cc1. The Hall–Kier alpha value is -1.75. The minimum absolute atomic E-state index is 0.180. The molecule has 0 saturated heterocycles. The van der Waals surface area contributed by atoms with Crippen molar-refractivity contribution in [2.24, 2.45) is 0 Å². The molecule has 5 heteroatoms. The van der Waals surface area contributed by atoms with Crippen molar-refractivity contribution >= 4 is 6.16 Å². The second kappa shape index (κ2) is 11.2. The summed E-state index contributed by atoms with van der Waals surface area (Å²) in [7, 11) is 0. The molecule has 2 rings (SSSR count). The highest BCUT2D eigenvalue weighted by atomic mass is 16.7. The standard InChI is InChI=1S/C22H34O5/c1-3-5-7-17-25-19-10-8-18(9-11-19)22(24)14-12-20(13-15-22)27-21(23)26-16-6-4-2/h8-11,20,24H,3-7,12-17H2,1-2H3. The smallest absolute Gasteiger partial charge is 0.494 e. The predicted molar refractivity (Wildman–Crippen MR) is 105 cm³/mol. The highest BCUT2D eigenvalue weighted by Gasteiger charge is 2.36. The van der Waals surface area contributed by atoms with Crippen LogP contribution in [0.4, 0.5) is 4.79 Å². The van der Waals surface area contributed by atoms with Crippen molar-refractivity contribution in [2.45, 2.75) is 83.3 Å². The average Bonchev–Trinajstić information content (AvgIpc) is 2.68. The van der Waals surface area contributed by atoms with E-state index in [0.717, 1.165) is 37.2 Å². The molecular formula is C22H34O5. The van der Waals surface area contributed by atoms with E-state index in [-0.39, 0.29) is 6.10 Å². The van der Waals surface area contributed by atoms with Crippen molar-refractivity contribution in [1.29, 1.82) is 0 Å². The summed E-state index contributed by atoms with van der Waals surface area (Å²) in [5.74, 6) is 0.838. The van der Waals surface area contributed by atoms with E-state index >= 15 is 0 Å². The van der Waals surface area contributed by atoms with Gasteiger partial charge in [-0.25, -0.2) is 4.79 Å². The van der Waals surface area contributed by atoms with Crippen LogP contribution in [-0.2, 0) is 15.1 Å². The largest absolute Gasteiger partial charge is 0.508 e. The fourth-order valence-electron chi connectivity index (χ4n) is 3.35. The van der Waals surface area contributed by atoms with Gasteiger partial charge in [-0.3, -0.25) is 0 Å². The molecule has 1 aliphatic carbocycles. The van der Waals surface area contributed by atoms with Gasteiger partial charge in [-0.1, -0.05) is 45.2 Å². The second-order valence-corrected chi connectivity index (χ2v) is 7.38. The van der Waals surface area contributed by atoms with Crippen LogP contribution in [-0.4, -0.2) is 30.6 Å². The lowest BCUT2D eigenvalue weighted by atomic mass is 9.78. The monoisotopic (exact) mass is 378 g/mol. The molecule has 1 fully saturated rings. The zero-order valence-electron chi connectivity index (χ0n) is 16.7. The molecule has 5 nitrogen and oxygen atoms in total. The van der Waals surface area contributed by atoms with E-state index in [0.29, 0.717) is 32.3 Å². The Kier molecular flexibility index (Phi) is 8.92. The van der Waals surface area contributed by atoms with Gasteiger partial charge < -0.3 is 19.3 Å². The van der Waals surface area contributed by atoms with E-state index in [1.807, 2.05) is 31.2 Å². The molecule has 0 heterocycles. The van der Waals surface area contributed by atoms with Gasteiger partial charge in [-0.2, -0.15) is 0 Å². The summed E-state index contributed by atoms with van der Waals surface area (Å²) in [5, 5.41) is 11.0.